The summed E-state index contributed by atoms with van der Waals surface area (Å²) in [5.41, 5.74) is -1.32. The molecule has 8 nitrogen and oxygen atoms in total. The van der Waals surface area contributed by atoms with Gasteiger partial charge < -0.3 is 18.9 Å². The van der Waals surface area contributed by atoms with E-state index in [2.05, 4.69) is 9.97 Å². The number of oxazole rings is 1. The molecule has 3 rings (SSSR count). The number of fused-ring (bicyclic) bond motifs is 1. The summed E-state index contributed by atoms with van der Waals surface area (Å²) in [4.78, 5) is 19.2. The monoisotopic (exact) mass is 420 g/mol. The van der Waals surface area contributed by atoms with Gasteiger partial charge in [-0.3, -0.25) is 5.41 Å². The van der Waals surface area contributed by atoms with Crippen molar-refractivity contribution in [1.29, 1.82) is 5.41 Å². The molecule has 2 heterocycles. The highest BCUT2D eigenvalue weighted by atomic mass is 19.4. The van der Waals surface area contributed by atoms with E-state index in [1.165, 1.54) is 32.8 Å². The van der Waals surface area contributed by atoms with E-state index in [9.17, 15) is 23.1 Å². The minimum atomic E-state index is -4.65. The molecule has 155 valence electrons. The molecule has 0 fully saturated rings. The standard InChI is InChI=1S/C18H14BF3N3O5/c1-8(19-29-7-23)15-14(17(26)27)25-16(30-15)10-3-5-11(28-2)13-9(10)4-6-12(24-13)18(20,21)22/h3-8,23H,1-2H3,(H,26,27)/t8-/m0/s1. The third-order valence-corrected chi connectivity index (χ3v) is 4.18. The van der Waals surface area contributed by atoms with Crippen molar-refractivity contribution in [3.63, 3.8) is 0 Å². The Kier molecular flexibility index (Phi) is 5.68. The van der Waals surface area contributed by atoms with Gasteiger partial charge in [-0.25, -0.2) is 14.8 Å². The zero-order chi connectivity index (χ0) is 22.1. The largest absolute Gasteiger partial charge is 0.555 e. The van der Waals surface area contributed by atoms with Gasteiger partial charge in [0, 0.05) is 16.8 Å². The van der Waals surface area contributed by atoms with E-state index in [0.29, 0.717) is 6.40 Å². The van der Waals surface area contributed by atoms with Crippen LogP contribution in [-0.2, 0) is 10.8 Å². The number of aromatic carboxylic acids is 1. The predicted molar refractivity (Wildman–Crippen MR) is 99.8 cm³/mol. The minimum Gasteiger partial charge on any atom is -0.555 e. The Bertz CT molecular complexity index is 1120. The van der Waals surface area contributed by atoms with E-state index in [1.807, 2.05) is 0 Å². The summed E-state index contributed by atoms with van der Waals surface area (Å²) in [6, 6.07) is 4.88. The van der Waals surface area contributed by atoms with Crippen molar-refractivity contribution in [3.8, 4) is 17.2 Å². The average molecular weight is 420 g/mol. The van der Waals surface area contributed by atoms with Crippen molar-refractivity contribution >= 4 is 30.8 Å². The molecule has 1 radical (unpaired) electrons. The highest BCUT2D eigenvalue weighted by Gasteiger charge is 2.33. The number of nitrogens with one attached hydrogen (secondary N) is 1. The van der Waals surface area contributed by atoms with E-state index < -0.39 is 23.7 Å². The van der Waals surface area contributed by atoms with E-state index in [4.69, 9.17) is 19.2 Å². The first-order valence-electron chi connectivity index (χ1n) is 8.44. The molecule has 0 aliphatic carbocycles. The van der Waals surface area contributed by atoms with Crippen molar-refractivity contribution in [3.05, 3.63) is 41.4 Å². The Labute approximate surface area is 168 Å². The molecule has 0 unspecified atom stereocenters. The number of halogens is 3. The Hall–Kier alpha value is -3.57. The van der Waals surface area contributed by atoms with Gasteiger partial charge in [-0.2, -0.15) is 13.2 Å². The first kappa shape index (κ1) is 21.2. The van der Waals surface area contributed by atoms with Crippen LogP contribution in [0, 0.1) is 5.41 Å². The van der Waals surface area contributed by atoms with Crippen LogP contribution in [0.3, 0.4) is 0 Å². The van der Waals surface area contributed by atoms with Gasteiger partial charge in [-0.1, -0.05) is 6.92 Å². The smallest absolute Gasteiger partial charge is 0.433 e. The number of carboxylic acid groups (broad SMARTS) is 1. The number of aromatic nitrogens is 2. The fourth-order valence-electron chi connectivity index (χ4n) is 2.83. The molecule has 0 aliphatic heterocycles. The molecule has 0 spiro atoms. The highest BCUT2D eigenvalue weighted by Crippen LogP contribution is 2.37. The van der Waals surface area contributed by atoms with Crippen LogP contribution in [0.25, 0.3) is 22.4 Å². The number of ether oxygens (including phenoxy) is 1. The van der Waals surface area contributed by atoms with E-state index in [0.717, 1.165) is 6.07 Å². The zero-order valence-corrected chi connectivity index (χ0v) is 15.6. The maximum absolute atomic E-state index is 13.1. The summed E-state index contributed by atoms with van der Waals surface area (Å²) in [6.07, 6.45) is -3.99. The van der Waals surface area contributed by atoms with Crippen molar-refractivity contribution in [2.75, 3.05) is 7.11 Å². The van der Waals surface area contributed by atoms with Gasteiger partial charge in [-0.05, 0) is 24.3 Å². The van der Waals surface area contributed by atoms with Crippen LogP contribution in [0.1, 0.15) is 34.7 Å². The first-order valence-corrected chi connectivity index (χ1v) is 8.44. The van der Waals surface area contributed by atoms with E-state index >= 15 is 0 Å². The molecule has 30 heavy (non-hydrogen) atoms. The van der Waals surface area contributed by atoms with Crippen molar-refractivity contribution < 1.29 is 36.9 Å². The normalized spacial score (nSPS) is 12.4. The second-order valence-corrected chi connectivity index (χ2v) is 6.12. The molecule has 1 atom stereocenters. The number of carboxylic acids is 1. The molecular weight excluding hydrogens is 406 g/mol. The Morgan fingerprint density at radius 3 is 2.63 bits per heavy atom. The minimum absolute atomic E-state index is 0.0387. The maximum Gasteiger partial charge on any atom is 0.433 e. The maximum atomic E-state index is 13.1. The third-order valence-electron chi connectivity index (χ3n) is 4.18. The van der Waals surface area contributed by atoms with Crippen molar-refractivity contribution in [1.82, 2.24) is 9.97 Å². The van der Waals surface area contributed by atoms with Gasteiger partial charge in [0.05, 0.1) is 7.11 Å². The van der Waals surface area contributed by atoms with Crippen LogP contribution in [0.15, 0.2) is 28.7 Å². The van der Waals surface area contributed by atoms with Crippen LogP contribution in [0.2, 0.25) is 0 Å². The topological polar surface area (TPSA) is 119 Å². The summed E-state index contributed by atoms with van der Waals surface area (Å²) in [7, 11) is 2.48. The van der Waals surface area contributed by atoms with Crippen molar-refractivity contribution in [2.45, 2.75) is 18.9 Å². The summed E-state index contributed by atoms with van der Waals surface area (Å²) in [5, 5.41) is 16.6. The zero-order valence-electron chi connectivity index (χ0n) is 15.6. The number of alkyl halides is 3. The molecule has 0 bridgehead atoms. The SMILES string of the molecule is COc1ccc(-c2nc(C(=O)O)c([C@H](C)[B]OC=N)o2)c2ccc(C(F)(F)F)nc12. The highest BCUT2D eigenvalue weighted by molar-refractivity contribution is 6.31. The van der Waals surface area contributed by atoms with Gasteiger partial charge >= 0.3 is 19.6 Å². The van der Waals surface area contributed by atoms with Gasteiger partial charge in [0.1, 0.15) is 29.1 Å². The molecule has 0 aliphatic rings. The van der Waals surface area contributed by atoms with Crippen LogP contribution in [0.5, 0.6) is 5.75 Å². The predicted octanol–water partition coefficient (Wildman–Crippen LogP) is 3.92. The number of carbonyl (C=O) groups is 1. The Morgan fingerprint density at radius 1 is 1.30 bits per heavy atom. The van der Waals surface area contributed by atoms with E-state index in [-0.39, 0.29) is 39.6 Å². The lowest BCUT2D eigenvalue weighted by Gasteiger charge is -2.11. The first-order chi connectivity index (χ1) is 14.2. The van der Waals surface area contributed by atoms with Crippen LogP contribution >= 0.6 is 0 Å². The molecule has 12 heteroatoms. The molecule has 2 N–H and O–H groups in total. The molecule has 0 saturated heterocycles. The van der Waals surface area contributed by atoms with E-state index in [1.54, 1.807) is 6.92 Å². The number of hydrogen-bond donors (Lipinski definition) is 2. The molecule has 3 aromatic rings. The number of rotatable bonds is 7. The van der Waals surface area contributed by atoms with Crippen LogP contribution < -0.4 is 4.74 Å². The molecule has 2 aromatic heterocycles. The third kappa shape index (κ3) is 3.93. The number of methoxy groups -OCH3 is 1. The fraction of sp³-hybridized carbons (Fsp3) is 0.222. The molecular formula is C18H14BF3N3O5. The lowest BCUT2D eigenvalue weighted by molar-refractivity contribution is -0.140. The Balaban J connectivity index is 2.19. The lowest BCUT2D eigenvalue weighted by atomic mass is 9.79. The van der Waals surface area contributed by atoms with Gasteiger partial charge in [-0.15, -0.1) is 0 Å². The number of pyridine rings is 1. The number of benzene rings is 1. The summed E-state index contributed by atoms with van der Waals surface area (Å²) in [5.74, 6) is -2.08. The number of nitrogens with zero attached hydrogens (tertiary/aromatic N) is 2. The van der Waals surface area contributed by atoms with Gasteiger partial charge in [0.2, 0.25) is 5.89 Å². The number of hydrogen-bond acceptors (Lipinski definition) is 7. The van der Waals surface area contributed by atoms with Crippen LogP contribution in [-0.4, -0.2) is 42.0 Å². The molecule has 0 saturated carbocycles. The summed E-state index contributed by atoms with van der Waals surface area (Å²) in [6.45, 7) is 1.57. The summed E-state index contributed by atoms with van der Waals surface area (Å²) >= 11 is 0. The summed E-state index contributed by atoms with van der Waals surface area (Å²) < 4.78 is 54.7. The van der Waals surface area contributed by atoms with Crippen molar-refractivity contribution in [2.24, 2.45) is 0 Å². The van der Waals surface area contributed by atoms with Gasteiger partial charge in [0.15, 0.2) is 5.69 Å². The average Bonchev–Trinajstić information content (AvgIpc) is 3.15. The van der Waals surface area contributed by atoms with Gasteiger partial charge in [0.25, 0.3) is 0 Å². The molecule has 0 amide bonds. The second-order valence-electron chi connectivity index (χ2n) is 6.12. The van der Waals surface area contributed by atoms with Crippen LogP contribution in [0.4, 0.5) is 13.2 Å². The fourth-order valence-corrected chi connectivity index (χ4v) is 2.83. The lowest BCUT2D eigenvalue weighted by Crippen LogP contribution is -2.11. The second kappa shape index (κ2) is 8.05. The quantitative estimate of drug-likeness (QED) is 0.338. The molecule has 1 aromatic carbocycles. The Morgan fingerprint density at radius 2 is 2.03 bits per heavy atom.